The number of hydrogen-bond donors (Lipinski definition) is 2. The van der Waals surface area contributed by atoms with Crippen molar-refractivity contribution < 1.29 is 4.79 Å². The van der Waals surface area contributed by atoms with Crippen LogP contribution in [0, 0.1) is 6.92 Å². The number of urea groups is 1. The van der Waals surface area contributed by atoms with Crippen LogP contribution in [0.15, 0.2) is 36.5 Å². The lowest BCUT2D eigenvalue weighted by Gasteiger charge is -2.42. The number of anilines is 3. The van der Waals surface area contributed by atoms with Gasteiger partial charge in [-0.05, 0) is 75.8 Å². The number of nitrogens with one attached hydrogen (secondary N) is 2. The predicted molar refractivity (Wildman–Crippen MR) is 146 cm³/mol. The molecule has 2 aromatic rings. The van der Waals surface area contributed by atoms with Crippen molar-refractivity contribution in [3.63, 3.8) is 0 Å². The molecule has 8 nitrogen and oxygen atoms in total. The van der Waals surface area contributed by atoms with E-state index in [1.54, 1.807) is 0 Å². The van der Waals surface area contributed by atoms with Gasteiger partial charge in [-0.25, -0.2) is 9.78 Å². The summed E-state index contributed by atoms with van der Waals surface area (Å²) in [6.07, 6.45) is 11.4. The maximum atomic E-state index is 12.8. The summed E-state index contributed by atoms with van der Waals surface area (Å²) in [5.74, 6) is 1.81. The van der Waals surface area contributed by atoms with Crippen LogP contribution in [0.5, 0.6) is 0 Å². The largest absolute Gasteiger partial charge is 0.356 e. The molecular weight excluding hydrogens is 450 g/mol. The normalized spacial score (nSPS) is 22.2. The van der Waals surface area contributed by atoms with E-state index in [2.05, 4.69) is 25.4 Å². The number of aromatic nitrogens is 2. The molecule has 0 bridgehead atoms. The number of aryl methyl sites for hydroxylation is 1. The molecule has 0 saturated carbocycles. The molecule has 0 spiro atoms. The predicted octanol–water partition coefficient (Wildman–Crippen LogP) is 4.74. The topological polar surface area (TPSA) is 76.6 Å². The third kappa shape index (κ3) is 6.46. The van der Waals surface area contributed by atoms with Crippen LogP contribution < -0.4 is 15.5 Å². The monoisotopic (exact) mass is 491 g/mol. The van der Waals surface area contributed by atoms with Crippen molar-refractivity contribution in [3.05, 3.63) is 42.1 Å². The molecule has 194 valence electrons. The molecule has 1 aromatic carbocycles. The first-order chi connectivity index (χ1) is 17.6. The second-order valence-electron chi connectivity index (χ2n) is 10.6. The first-order valence-corrected chi connectivity index (χ1v) is 13.9. The first kappa shape index (κ1) is 24.8. The number of amides is 2. The Labute approximate surface area is 215 Å². The Hall–Kier alpha value is -2.87. The molecule has 2 N–H and O–H groups in total. The summed E-state index contributed by atoms with van der Waals surface area (Å²) in [5, 5.41) is 6.70. The number of hydrogen-bond acceptors (Lipinski definition) is 6. The van der Waals surface area contributed by atoms with Crippen LogP contribution in [0.25, 0.3) is 0 Å². The van der Waals surface area contributed by atoms with Gasteiger partial charge >= 0.3 is 6.03 Å². The van der Waals surface area contributed by atoms with Crippen molar-refractivity contribution in [2.24, 2.45) is 0 Å². The Kier molecular flexibility index (Phi) is 8.21. The maximum absolute atomic E-state index is 12.8. The molecular formula is C28H41N7O. The second-order valence-corrected chi connectivity index (χ2v) is 10.6. The molecule has 1 aromatic heterocycles. The molecule has 0 radical (unpaired) electrons. The van der Waals surface area contributed by atoms with Crippen molar-refractivity contribution in [1.82, 2.24) is 19.8 Å². The Morgan fingerprint density at radius 1 is 0.944 bits per heavy atom. The Morgan fingerprint density at radius 2 is 1.75 bits per heavy atom. The van der Waals surface area contributed by atoms with Crippen LogP contribution >= 0.6 is 0 Å². The highest BCUT2D eigenvalue weighted by molar-refractivity contribution is 5.89. The van der Waals surface area contributed by atoms with Gasteiger partial charge < -0.3 is 20.4 Å². The summed E-state index contributed by atoms with van der Waals surface area (Å²) >= 11 is 0. The van der Waals surface area contributed by atoms with Gasteiger partial charge in [0.2, 0.25) is 5.95 Å². The quantitative estimate of drug-likeness (QED) is 0.629. The number of benzene rings is 1. The summed E-state index contributed by atoms with van der Waals surface area (Å²) in [5.41, 5.74) is 2.02. The zero-order valence-corrected chi connectivity index (χ0v) is 21.7. The van der Waals surface area contributed by atoms with Gasteiger partial charge in [-0.3, -0.25) is 4.90 Å². The van der Waals surface area contributed by atoms with Gasteiger partial charge in [0.1, 0.15) is 5.82 Å². The SMILES string of the molecule is Cc1cccc(NC(=O)N2CCC(N3CCCC(Nc4nccc(N5CCCCCC5)n4)C3)CC2)c1. The highest BCUT2D eigenvalue weighted by Crippen LogP contribution is 2.24. The Balaban J connectivity index is 1.11. The smallest absolute Gasteiger partial charge is 0.321 e. The summed E-state index contributed by atoms with van der Waals surface area (Å²) in [6, 6.07) is 10.9. The van der Waals surface area contributed by atoms with Crippen molar-refractivity contribution >= 4 is 23.5 Å². The maximum Gasteiger partial charge on any atom is 0.321 e. The number of carbonyl (C=O) groups is 1. The third-order valence-electron chi connectivity index (χ3n) is 7.89. The van der Waals surface area contributed by atoms with Crippen LogP contribution in [0.2, 0.25) is 0 Å². The fraction of sp³-hybridized carbons (Fsp3) is 0.607. The molecule has 0 aliphatic carbocycles. The van der Waals surface area contributed by atoms with Gasteiger partial charge in [-0.15, -0.1) is 0 Å². The fourth-order valence-electron chi connectivity index (χ4n) is 5.89. The van der Waals surface area contributed by atoms with Crippen LogP contribution in [-0.4, -0.2) is 77.2 Å². The number of rotatable bonds is 5. The van der Waals surface area contributed by atoms with Crippen LogP contribution in [0.4, 0.5) is 22.2 Å². The summed E-state index contributed by atoms with van der Waals surface area (Å²) in [6.45, 7) is 7.98. The zero-order valence-electron chi connectivity index (χ0n) is 21.7. The molecule has 3 saturated heterocycles. The van der Waals surface area contributed by atoms with E-state index in [9.17, 15) is 4.79 Å². The minimum Gasteiger partial charge on any atom is -0.356 e. The molecule has 4 heterocycles. The molecule has 5 rings (SSSR count). The average Bonchev–Trinajstić information content (AvgIpc) is 3.19. The van der Waals surface area contributed by atoms with Gasteiger partial charge in [-0.2, -0.15) is 4.98 Å². The Bertz CT molecular complexity index is 999. The lowest BCUT2D eigenvalue weighted by Crippen LogP contribution is -2.52. The molecule has 1 unspecified atom stereocenters. The van der Waals surface area contributed by atoms with E-state index in [4.69, 9.17) is 4.98 Å². The standard InChI is InChI=1S/C28H41N7O/c1-22-8-6-9-23(20-22)31-28(36)34-18-12-25(13-19-34)35-17-7-10-24(21-35)30-27-29-14-11-26(32-27)33-15-4-2-3-5-16-33/h6,8-9,11,14,20,24-25H,2-5,7,10,12-13,15-19,21H2,1H3,(H,31,36)(H,29,30,32). The number of piperidine rings is 2. The number of likely N-dealkylation sites (tertiary alicyclic amines) is 2. The average molecular weight is 492 g/mol. The Morgan fingerprint density at radius 3 is 2.53 bits per heavy atom. The van der Waals surface area contributed by atoms with Gasteiger partial charge in [0.15, 0.2) is 0 Å². The van der Waals surface area contributed by atoms with E-state index < -0.39 is 0 Å². The van der Waals surface area contributed by atoms with Crippen LogP contribution in [0.3, 0.4) is 0 Å². The van der Waals surface area contributed by atoms with Crippen molar-refractivity contribution in [2.45, 2.75) is 70.4 Å². The molecule has 1 atom stereocenters. The summed E-state index contributed by atoms with van der Waals surface area (Å²) < 4.78 is 0. The molecule has 36 heavy (non-hydrogen) atoms. The summed E-state index contributed by atoms with van der Waals surface area (Å²) in [7, 11) is 0. The highest BCUT2D eigenvalue weighted by Gasteiger charge is 2.30. The lowest BCUT2D eigenvalue weighted by molar-refractivity contribution is 0.0997. The second kappa shape index (κ2) is 11.9. The minimum absolute atomic E-state index is 0.0127. The van der Waals surface area contributed by atoms with Gasteiger partial charge in [0.05, 0.1) is 0 Å². The molecule has 8 heteroatoms. The fourth-order valence-corrected chi connectivity index (χ4v) is 5.89. The van der Waals surface area contributed by atoms with Gasteiger partial charge in [-0.1, -0.05) is 25.0 Å². The van der Waals surface area contributed by atoms with E-state index in [-0.39, 0.29) is 6.03 Å². The highest BCUT2D eigenvalue weighted by atomic mass is 16.2. The molecule has 2 amide bonds. The van der Waals surface area contributed by atoms with Crippen molar-refractivity contribution in [3.8, 4) is 0 Å². The van der Waals surface area contributed by atoms with E-state index in [0.29, 0.717) is 12.1 Å². The van der Waals surface area contributed by atoms with Crippen LogP contribution in [0.1, 0.15) is 56.9 Å². The van der Waals surface area contributed by atoms with E-state index in [0.717, 1.165) is 81.5 Å². The minimum atomic E-state index is 0.0127. The summed E-state index contributed by atoms with van der Waals surface area (Å²) in [4.78, 5) is 29.2. The van der Waals surface area contributed by atoms with Crippen molar-refractivity contribution in [2.75, 3.05) is 54.8 Å². The number of nitrogens with zero attached hydrogens (tertiary/aromatic N) is 5. The van der Waals surface area contributed by atoms with Crippen molar-refractivity contribution in [1.29, 1.82) is 0 Å². The van der Waals surface area contributed by atoms with Crippen LogP contribution in [-0.2, 0) is 0 Å². The lowest BCUT2D eigenvalue weighted by atomic mass is 9.98. The number of carbonyl (C=O) groups excluding carboxylic acids is 1. The van der Waals surface area contributed by atoms with E-state index >= 15 is 0 Å². The third-order valence-corrected chi connectivity index (χ3v) is 7.89. The van der Waals surface area contributed by atoms with E-state index in [1.807, 2.05) is 48.4 Å². The molecule has 3 aliphatic heterocycles. The van der Waals surface area contributed by atoms with Gasteiger partial charge in [0, 0.05) is 56.7 Å². The first-order valence-electron chi connectivity index (χ1n) is 13.9. The zero-order chi connectivity index (χ0) is 24.7. The molecule has 3 aliphatic rings. The van der Waals surface area contributed by atoms with E-state index in [1.165, 1.54) is 32.1 Å². The molecule has 3 fully saturated rings. The van der Waals surface area contributed by atoms with Gasteiger partial charge in [0.25, 0.3) is 0 Å².